The van der Waals surface area contributed by atoms with E-state index in [1.54, 1.807) is 4.68 Å². The highest BCUT2D eigenvalue weighted by Crippen LogP contribution is 2.17. The Kier molecular flexibility index (Phi) is 4.82. The number of nitrogens with zero attached hydrogens (tertiary/aromatic N) is 2. The van der Waals surface area contributed by atoms with Crippen LogP contribution in [0, 0.1) is 0 Å². The normalized spacial score (nSPS) is 12.4. The first kappa shape index (κ1) is 13.9. The lowest BCUT2D eigenvalue weighted by molar-refractivity contribution is 0.270. The second-order valence-electron chi connectivity index (χ2n) is 4.48. The fourth-order valence-electron chi connectivity index (χ4n) is 1.86. The average Bonchev–Trinajstić information content (AvgIpc) is 2.80. The molecular formula is C14H18ClN3O. The summed E-state index contributed by atoms with van der Waals surface area (Å²) in [5, 5.41) is 8.10. The van der Waals surface area contributed by atoms with Gasteiger partial charge in [0.05, 0.1) is 6.20 Å². The van der Waals surface area contributed by atoms with Gasteiger partial charge in [0.2, 0.25) is 0 Å². The number of likely N-dealkylation sites (N-methyl/N-ethyl adjacent to an activating group) is 1. The van der Waals surface area contributed by atoms with Gasteiger partial charge in [-0.1, -0.05) is 17.7 Å². The van der Waals surface area contributed by atoms with E-state index in [1.807, 2.05) is 50.8 Å². The van der Waals surface area contributed by atoms with Gasteiger partial charge in [0.1, 0.15) is 12.4 Å². The average molecular weight is 280 g/mol. The number of aryl methyl sites for hydroxylation is 1. The topological polar surface area (TPSA) is 39.1 Å². The van der Waals surface area contributed by atoms with Gasteiger partial charge in [-0.15, -0.1) is 0 Å². The molecule has 1 aromatic heterocycles. The van der Waals surface area contributed by atoms with Gasteiger partial charge >= 0.3 is 0 Å². The van der Waals surface area contributed by atoms with Crippen molar-refractivity contribution < 1.29 is 4.74 Å². The summed E-state index contributed by atoms with van der Waals surface area (Å²) in [6, 6.07) is 7.68. The third kappa shape index (κ3) is 4.26. The summed E-state index contributed by atoms with van der Waals surface area (Å²) in [6.45, 7) is 0.589. The molecule has 102 valence electrons. The molecule has 0 amide bonds. The number of ether oxygens (including phenoxy) is 1. The van der Waals surface area contributed by atoms with Gasteiger partial charge in [0.15, 0.2) is 0 Å². The first-order valence-corrected chi connectivity index (χ1v) is 6.58. The van der Waals surface area contributed by atoms with Crippen molar-refractivity contribution in [2.24, 2.45) is 7.05 Å². The van der Waals surface area contributed by atoms with E-state index in [0.29, 0.717) is 11.6 Å². The summed E-state index contributed by atoms with van der Waals surface area (Å²) in [7, 11) is 3.85. The third-order valence-corrected chi connectivity index (χ3v) is 3.13. The van der Waals surface area contributed by atoms with E-state index in [0.717, 1.165) is 12.2 Å². The zero-order valence-corrected chi connectivity index (χ0v) is 11.9. The molecule has 0 aliphatic heterocycles. The van der Waals surface area contributed by atoms with Gasteiger partial charge in [-0.05, 0) is 37.2 Å². The lowest BCUT2D eigenvalue weighted by atomic mass is 10.1. The number of nitrogens with one attached hydrogen (secondary N) is 1. The Morgan fingerprint density at radius 1 is 1.47 bits per heavy atom. The van der Waals surface area contributed by atoms with Crippen molar-refractivity contribution in [2.45, 2.75) is 12.5 Å². The fraction of sp³-hybridized carbons (Fsp3) is 0.357. The molecule has 5 heteroatoms. The molecule has 1 heterocycles. The maximum absolute atomic E-state index is 5.92. The molecule has 0 saturated carbocycles. The molecule has 2 rings (SSSR count). The lowest BCUT2D eigenvalue weighted by Crippen LogP contribution is -2.33. The van der Waals surface area contributed by atoms with Gasteiger partial charge in [0.25, 0.3) is 0 Å². The highest BCUT2D eigenvalue weighted by molar-refractivity contribution is 6.30. The molecule has 19 heavy (non-hydrogen) atoms. The number of aromatic nitrogens is 2. The maximum Gasteiger partial charge on any atom is 0.120 e. The van der Waals surface area contributed by atoms with Crippen LogP contribution in [0.5, 0.6) is 5.75 Å². The first-order chi connectivity index (χ1) is 9.17. The first-order valence-electron chi connectivity index (χ1n) is 6.20. The van der Waals surface area contributed by atoms with Crippen molar-refractivity contribution in [1.82, 2.24) is 15.1 Å². The SMILES string of the molecule is CNC(COc1cccc(Cl)c1)Cc1cnn(C)c1. The minimum absolute atomic E-state index is 0.239. The molecular weight excluding hydrogens is 262 g/mol. The number of hydrogen-bond donors (Lipinski definition) is 1. The molecule has 0 radical (unpaired) electrons. The summed E-state index contributed by atoms with van der Waals surface area (Å²) in [6.07, 6.45) is 4.78. The van der Waals surface area contributed by atoms with Crippen LogP contribution in [-0.4, -0.2) is 29.5 Å². The van der Waals surface area contributed by atoms with Crippen LogP contribution in [0.15, 0.2) is 36.7 Å². The number of rotatable bonds is 6. The van der Waals surface area contributed by atoms with Gasteiger partial charge in [-0.2, -0.15) is 5.10 Å². The predicted molar refractivity (Wildman–Crippen MR) is 76.7 cm³/mol. The summed E-state index contributed by atoms with van der Waals surface area (Å²) in [5.41, 5.74) is 1.19. The largest absolute Gasteiger partial charge is 0.492 e. The summed E-state index contributed by atoms with van der Waals surface area (Å²) < 4.78 is 7.55. The molecule has 0 aliphatic carbocycles. The highest BCUT2D eigenvalue weighted by Gasteiger charge is 2.09. The second kappa shape index (κ2) is 6.59. The van der Waals surface area contributed by atoms with Crippen molar-refractivity contribution >= 4 is 11.6 Å². The molecule has 1 aromatic carbocycles. The van der Waals surface area contributed by atoms with Gasteiger partial charge in [0, 0.05) is 24.3 Å². The molecule has 0 fully saturated rings. The quantitative estimate of drug-likeness (QED) is 0.882. The number of halogens is 1. The van der Waals surface area contributed by atoms with Gasteiger partial charge < -0.3 is 10.1 Å². The Morgan fingerprint density at radius 2 is 2.32 bits per heavy atom. The van der Waals surface area contributed by atoms with Crippen molar-refractivity contribution in [3.8, 4) is 5.75 Å². The summed E-state index contributed by atoms with van der Waals surface area (Å²) in [5.74, 6) is 0.791. The van der Waals surface area contributed by atoms with Crippen molar-refractivity contribution in [2.75, 3.05) is 13.7 Å². The Bertz CT molecular complexity index is 527. The predicted octanol–water partition coefficient (Wildman–Crippen LogP) is 2.28. The molecule has 1 atom stereocenters. The van der Waals surface area contributed by atoms with E-state index in [-0.39, 0.29) is 6.04 Å². The van der Waals surface area contributed by atoms with Crippen LogP contribution in [0.3, 0.4) is 0 Å². The fourth-order valence-corrected chi connectivity index (χ4v) is 2.04. The highest BCUT2D eigenvalue weighted by atomic mass is 35.5. The monoisotopic (exact) mass is 279 g/mol. The smallest absolute Gasteiger partial charge is 0.120 e. The number of benzene rings is 1. The van der Waals surface area contributed by atoms with Crippen LogP contribution >= 0.6 is 11.6 Å². The summed E-state index contributed by atoms with van der Waals surface area (Å²) in [4.78, 5) is 0. The zero-order chi connectivity index (χ0) is 13.7. The lowest BCUT2D eigenvalue weighted by Gasteiger charge is -2.16. The van der Waals surface area contributed by atoms with E-state index in [9.17, 15) is 0 Å². The van der Waals surface area contributed by atoms with E-state index < -0.39 is 0 Å². The Labute approximate surface area is 118 Å². The Balaban J connectivity index is 1.89. The number of hydrogen-bond acceptors (Lipinski definition) is 3. The van der Waals surface area contributed by atoms with E-state index in [2.05, 4.69) is 10.4 Å². The maximum atomic E-state index is 5.92. The van der Waals surface area contributed by atoms with E-state index in [4.69, 9.17) is 16.3 Å². The second-order valence-corrected chi connectivity index (χ2v) is 4.92. The van der Waals surface area contributed by atoms with Crippen LogP contribution in [0.1, 0.15) is 5.56 Å². The van der Waals surface area contributed by atoms with Crippen molar-refractivity contribution in [3.05, 3.63) is 47.2 Å². The minimum atomic E-state index is 0.239. The molecule has 0 aliphatic rings. The molecule has 2 aromatic rings. The van der Waals surface area contributed by atoms with Crippen molar-refractivity contribution in [3.63, 3.8) is 0 Å². The molecule has 1 N–H and O–H groups in total. The van der Waals surface area contributed by atoms with Crippen LogP contribution in [0.25, 0.3) is 0 Å². The third-order valence-electron chi connectivity index (χ3n) is 2.90. The van der Waals surface area contributed by atoms with Crippen LogP contribution < -0.4 is 10.1 Å². The van der Waals surface area contributed by atoms with Crippen LogP contribution in [0.2, 0.25) is 5.02 Å². The molecule has 0 spiro atoms. The Morgan fingerprint density at radius 3 is 2.95 bits per heavy atom. The van der Waals surface area contributed by atoms with Gasteiger partial charge in [-0.25, -0.2) is 0 Å². The summed E-state index contributed by atoms with van der Waals surface area (Å²) >= 11 is 5.92. The standard InChI is InChI=1S/C14H18ClN3O/c1-16-13(6-11-8-17-18(2)9-11)10-19-14-5-3-4-12(15)7-14/h3-5,7-9,13,16H,6,10H2,1-2H3. The molecule has 1 unspecified atom stereocenters. The van der Waals surface area contributed by atoms with E-state index in [1.165, 1.54) is 5.56 Å². The van der Waals surface area contributed by atoms with Crippen molar-refractivity contribution in [1.29, 1.82) is 0 Å². The van der Waals surface area contributed by atoms with Crippen LogP contribution in [0.4, 0.5) is 0 Å². The molecule has 4 nitrogen and oxygen atoms in total. The van der Waals surface area contributed by atoms with E-state index >= 15 is 0 Å². The minimum Gasteiger partial charge on any atom is -0.492 e. The molecule has 0 saturated heterocycles. The molecule has 0 bridgehead atoms. The van der Waals surface area contributed by atoms with Gasteiger partial charge in [-0.3, -0.25) is 4.68 Å². The van der Waals surface area contributed by atoms with Crippen LogP contribution in [-0.2, 0) is 13.5 Å². The Hall–Kier alpha value is -1.52. The zero-order valence-electron chi connectivity index (χ0n) is 11.1.